The Hall–Kier alpha value is -2.82. The molecule has 0 unspecified atom stereocenters. The molecule has 2 aromatic carbocycles. The summed E-state index contributed by atoms with van der Waals surface area (Å²) in [5.74, 6) is 0.799. The molecule has 192 valence electrons. The standard InChI is InChI=1S/C25H32F3N3O4/c1-33-23-8-6-20(7-9-23)17-35-18-21-4-2-5-22(16-21)29-24(32)31-13-11-30(12-14-31)10-3-15-34-19-25(26,27)28/h2,4-9,16H,3,10-15,17-19H2,1H3,(H,29,32). The van der Waals surface area contributed by atoms with E-state index < -0.39 is 12.8 Å². The molecule has 0 aromatic heterocycles. The molecule has 1 aliphatic heterocycles. The van der Waals surface area contributed by atoms with Gasteiger partial charge in [-0.15, -0.1) is 0 Å². The summed E-state index contributed by atoms with van der Waals surface area (Å²) in [4.78, 5) is 16.5. The molecule has 0 bridgehead atoms. The Balaban J connectivity index is 1.35. The number of rotatable bonds is 11. The van der Waals surface area contributed by atoms with Gasteiger partial charge in [0.15, 0.2) is 0 Å². The van der Waals surface area contributed by atoms with Crippen molar-refractivity contribution in [2.75, 3.05) is 58.4 Å². The van der Waals surface area contributed by atoms with E-state index in [1.165, 1.54) is 0 Å². The van der Waals surface area contributed by atoms with Crippen molar-refractivity contribution in [3.63, 3.8) is 0 Å². The predicted octanol–water partition coefficient (Wildman–Crippen LogP) is 4.53. The molecule has 2 aromatic rings. The summed E-state index contributed by atoms with van der Waals surface area (Å²) >= 11 is 0. The van der Waals surface area contributed by atoms with Gasteiger partial charge in [0.05, 0.1) is 20.3 Å². The van der Waals surface area contributed by atoms with Gasteiger partial charge >= 0.3 is 12.2 Å². The first-order valence-electron chi connectivity index (χ1n) is 11.5. The van der Waals surface area contributed by atoms with Crippen LogP contribution < -0.4 is 10.1 Å². The zero-order valence-electron chi connectivity index (χ0n) is 19.9. The number of benzene rings is 2. The Labute approximate surface area is 203 Å². The van der Waals surface area contributed by atoms with Crippen molar-refractivity contribution in [3.05, 3.63) is 59.7 Å². The molecule has 1 aliphatic rings. The second-order valence-electron chi connectivity index (χ2n) is 8.32. The number of anilines is 1. The maximum atomic E-state index is 12.7. The molecule has 1 saturated heterocycles. The van der Waals surface area contributed by atoms with Crippen LogP contribution in [0.1, 0.15) is 17.5 Å². The number of halogens is 3. The van der Waals surface area contributed by atoms with Crippen LogP contribution in [0.4, 0.5) is 23.7 Å². The molecule has 1 fully saturated rings. The fraction of sp³-hybridized carbons (Fsp3) is 0.480. The molecule has 0 saturated carbocycles. The van der Waals surface area contributed by atoms with Gasteiger partial charge in [-0.05, 0) is 41.8 Å². The summed E-state index contributed by atoms with van der Waals surface area (Å²) in [6.45, 7) is 2.85. The molecule has 2 amide bonds. The van der Waals surface area contributed by atoms with E-state index in [4.69, 9.17) is 9.47 Å². The molecule has 3 rings (SSSR count). The highest BCUT2D eigenvalue weighted by Crippen LogP contribution is 2.16. The number of carbonyl (C=O) groups is 1. The first kappa shape index (κ1) is 26.8. The minimum Gasteiger partial charge on any atom is -0.497 e. The van der Waals surface area contributed by atoms with E-state index in [0.29, 0.717) is 58.0 Å². The number of methoxy groups -OCH3 is 1. The Morgan fingerprint density at radius 2 is 1.69 bits per heavy atom. The number of nitrogens with one attached hydrogen (secondary N) is 1. The third kappa shape index (κ3) is 9.75. The lowest BCUT2D eigenvalue weighted by Crippen LogP contribution is -2.50. The molecule has 0 radical (unpaired) electrons. The van der Waals surface area contributed by atoms with E-state index in [1.54, 1.807) is 12.0 Å². The van der Waals surface area contributed by atoms with Crippen LogP contribution in [0.2, 0.25) is 0 Å². The van der Waals surface area contributed by atoms with E-state index in [9.17, 15) is 18.0 Å². The number of alkyl halides is 3. The van der Waals surface area contributed by atoms with Crippen molar-refractivity contribution >= 4 is 11.7 Å². The summed E-state index contributed by atoms with van der Waals surface area (Å²) in [5, 5.41) is 2.93. The predicted molar refractivity (Wildman–Crippen MR) is 126 cm³/mol. The summed E-state index contributed by atoms with van der Waals surface area (Å²) < 4.78 is 51.9. The first-order chi connectivity index (χ1) is 16.8. The molecule has 7 nitrogen and oxygen atoms in total. The number of amides is 2. The van der Waals surface area contributed by atoms with Gasteiger partial charge in [0, 0.05) is 45.0 Å². The van der Waals surface area contributed by atoms with E-state index in [0.717, 1.165) is 16.9 Å². The monoisotopic (exact) mass is 495 g/mol. The highest BCUT2D eigenvalue weighted by molar-refractivity contribution is 5.89. The number of hydrogen-bond donors (Lipinski definition) is 1. The van der Waals surface area contributed by atoms with Crippen LogP contribution in [0, 0.1) is 0 Å². The van der Waals surface area contributed by atoms with Crippen molar-refractivity contribution in [3.8, 4) is 5.75 Å². The van der Waals surface area contributed by atoms with E-state index in [1.807, 2.05) is 48.5 Å². The smallest absolute Gasteiger partial charge is 0.411 e. The molecule has 10 heteroatoms. The molecule has 1 heterocycles. The second kappa shape index (κ2) is 13.3. The van der Waals surface area contributed by atoms with Crippen LogP contribution >= 0.6 is 0 Å². The van der Waals surface area contributed by atoms with Crippen molar-refractivity contribution in [1.82, 2.24) is 9.80 Å². The van der Waals surface area contributed by atoms with Gasteiger partial charge in [-0.25, -0.2) is 4.79 Å². The average molecular weight is 496 g/mol. The highest BCUT2D eigenvalue weighted by Gasteiger charge is 2.27. The summed E-state index contributed by atoms with van der Waals surface area (Å²) in [6.07, 6.45) is -3.77. The van der Waals surface area contributed by atoms with E-state index in [2.05, 4.69) is 15.0 Å². The van der Waals surface area contributed by atoms with Gasteiger partial charge in [-0.2, -0.15) is 13.2 Å². The summed E-state index contributed by atoms with van der Waals surface area (Å²) in [6, 6.07) is 15.1. The van der Waals surface area contributed by atoms with Gasteiger partial charge in [0.1, 0.15) is 12.4 Å². The molecule has 0 atom stereocenters. The van der Waals surface area contributed by atoms with Gasteiger partial charge in [-0.1, -0.05) is 24.3 Å². The Bertz CT molecular complexity index is 917. The topological polar surface area (TPSA) is 63.3 Å². The number of hydrogen-bond acceptors (Lipinski definition) is 5. The van der Waals surface area contributed by atoms with Gasteiger partial charge in [0.25, 0.3) is 0 Å². The van der Waals surface area contributed by atoms with Gasteiger partial charge < -0.3 is 24.4 Å². The first-order valence-corrected chi connectivity index (χ1v) is 11.5. The molecule has 0 aliphatic carbocycles. The van der Waals surface area contributed by atoms with Crippen molar-refractivity contribution < 1.29 is 32.2 Å². The normalized spacial score (nSPS) is 14.7. The lowest BCUT2D eigenvalue weighted by Gasteiger charge is -2.34. The largest absolute Gasteiger partial charge is 0.497 e. The van der Waals surface area contributed by atoms with Crippen molar-refractivity contribution in [1.29, 1.82) is 0 Å². The van der Waals surface area contributed by atoms with Crippen LogP contribution in [0.15, 0.2) is 48.5 Å². The Morgan fingerprint density at radius 1 is 0.971 bits per heavy atom. The van der Waals surface area contributed by atoms with Crippen LogP contribution in [0.3, 0.4) is 0 Å². The van der Waals surface area contributed by atoms with Gasteiger partial charge in [0.2, 0.25) is 0 Å². The zero-order valence-corrected chi connectivity index (χ0v) is 19.9. The van der Waals surface area contributed by atoms with E-state index >= 15 is 0 Å². The van der Waals surface area contributed by atoms with Crippen molar-refractivity contribution in [2.45, 2.75) is 25.8 Å². The fourth-order valence-electron chi connectivity index (χ4n) is 3.70. The van der Waals surface area contributed by atoms with Crippen LogP contribution in [0.5, 0.6) is 5.75 Å². The molecule has 0 spiro atoms. The Morgan fingerprint density at radius 3 is 2.37 bits per heavy atom. The number of urea groups is 1. The molecule has 35 heavy (non-hydrogen) atoms. The van der Waals surface area contributed by atoms with E-state index in [-0.39, 0.29) is 12.6 Å². The van der Waals surface area contributed by atoms with Crippen molar-refractivity contribution in [2.24, 2.45) is 0 Å². The third-order valence-corrected chi connectivity index (χ3v) is 5.56. The molecule has 1 N–H and O–H groups in total. The maximum Gasteiger partial charge on any atom is 0.411 e. The second-order valence-corrected chi connectivity index (χ2v) is 8.32. The lowest BCUT2D eigenvalue weighted by atomic mass is 10.2. The quantitative estimate of drug-likeness (QED) is 0.464. The van der Waals surface area contributed by atoms with Crippen LogP contribution in [0.25, 0.3) is 0 Å². The minimum absolute atomic E-state index is 0.0698. The van der Waals surface area contributed by atoms with Crippen LogP contribution in [-0.4, -0.2) is 75.1 Å². The molecular weight excluding hydrogens is 463 g/mol. The number of piperazine rings is 1. The minimum atomic E-state index is -4.29. The van der Waals surface area contributed by atoms with Gasteiger partial charge in [-0.3, -0.25) is 4.90 Å². The molecular formula is C25H32F3N3O4. The third-order valence-electron chi connectivity index (χ3n) is 5.56. The highest BCUT2D eigenvalue weighted by atomic mass is 19.4. The lowest BCUT2D eigenvalue weighted by molar-refractivity contribution is -0.174. The SMILES string of the molecule is COc1ccc(COCc2cccc(NC(=O)N3CCN(CCCOCC(F)(F)F)CC3)c2)cc1. The fourth-order valence-corrected chi connectivity index (χ4v) is 3.70. The zero-order chi connectivity index (χ0) is 25.1. The summed E-state index contributed by atoms with van der Waals surface area (Å²) in [5.41, 5.74) is 2.70. The average Bonchev–Trinajstić information content (AvgIpc) is 2.84. The number of ether oxygens (including phenoxy) is 3. The maximum absolute atomic E-state index is 12.7. The number of carbonyl (C=O) groups excluding carboxylic acids is 1. The van der Waals surface area contributed by atoms with Crippen LogP contribution in [-0.2, 0) is 22.7 Å². The Kier molecular flexibility index (Phi) is 10.2. The summed E-state index contributed by atoms with van der Waals surface area (Å²) in [7, 11) is 1.63. The number of nitrogens with zero attached hydrogens (tertiary/aromatic N) is 2.